The first-order valence-electron chi connectivity index (χ1n) is 12.9. The normalized spacial score (nSPS) is 17.3. The molecule has 2 aromatic carbocycles. The fourth-order valence-electron chi connectivity index (χ4n) is 4.40. The molecule has 1 fully saturated rings. The van der Waals surface area contributed by atoms with Gasteiger partial charge in [-0.2, -0.15) is 4.31 Å². The number of amides is 2. The quantitative estimate of drug-likeness (QED) is 0.432. The second-order valence-electron chi connectivity index (χ2n) is 9.96. The first kappa shape index (κ1) is 30.1. The molecule has 0 saturated carbocycles. The molecule has 3 rings (SSSR count). The number of ketones is 1. The van der Waals surface area contributed by atoms with Crippen LogP contribution in [0.4, 0.5) is 0 Å². The van der Waals surface area contributed by atoms with E-state index in [9.17, 15) is 22.8 Å². The molecule has 1 saturated heterocycles. The Kier molecular flexibility index (Phi) is 10.5. The number of Topliss-reactive ketones (excluding diaryl/α,β-unsaturated/α-hetero) is 1. The third-order valence-electron chi connectivity index (χ3n) is 6.52. The van der Waals surface area contributed by atoms with Crippen molar-refractivity contribution in [2.75, 3.05) is 27.3 Å². The molecule has 0 spiro atoms. The van der Waals surface area contributed by atoms with Crippen LogP contribution < -0.4 is 20.1 Å². The van der Waals surface area contributed by atoms with Crippen LogP contribution in [-0.4, -0.2) is 69.7 Å². The van der Waals surface area contributed by atoms with Crippen molar-refractivity contribution < 1.29 is 32.3 Å². The van der Waals surface area contributed by atoms with E-state index < -0.39 is 33.8 Å². The van der Waals surface area contributed by atoms with E-state index in [1.807, 2.05) is 13.8 Å². The highest BCUT2D eigenvalue weighted by Crippen LogP contribution is 2.22. The summed E-state index contributed by atoms with van der Waals surface area (Å²) in [5.41, 5.74) is 0.772. The van der Waals surface area contributed by atoms with Crippen LogP contribution in [0.3, 0.4) is 0 Å². The Hall–Kier alpha value is -3.44. The van der Waals surface area contributed by atoms with Crippen molar-refractivity contribution in [2.45, 2.75) is 56.5 Å². The predicted octanol–water partition coefficient (Wildman–Crippen LogP) is 2.32. The van der Waals surface area contributed by atoms with Gasteiger partial charge in [-0.05, 0) is 67.1 Å². The number of methoxy groups -OCH3 is 2. The average molecular weight is 560 g/mol. The molecule has 212 valence electrons. The van der Waals surface area contributed by atoms with Crippen molar-refractivity contribution in [3.8, 4) is 11.5 Å². The summed E-state index contributed by atoms with van der Waals surface area (Å²) in [6.07, 6.45) is 1.17. The van der Waals surface area contributed by atoms with E-state index in [2.05, 4.69) is 10.6 Å². The summed E-state index contributed by atoms with van der Waals surface area (Å²) >= 11 is 0. The Morgan fingerprint density at radius 1 is 1.00 bits per heavy atom. The van der Waals surface area contributed by atoms with Gasteiger partial charge in [0, 0.05) is 6.54 Å². The molecule has 11 heteroatoms. The molecule has 1 aliphatic rings. The Morgan fingerprint density at radius 3 is 2.15 bits per heavy atom. The summed E-state index contributed by atoms with van der Waals surface area (Å²) in [6.45, 7) is 3.68. The number of sulfonamides is 1. The van der Waals surface area contributed by atoms with E-state index in [0.29, 0.717) is 30.8 Å². The monoisotopic (exact) mass is 559 g/mol. The molecule has 0 aromatic heterocycles. The fraction of sp³-hybridized carbons (Fsp3) is 0.464. The molecule has 2 amide bonds. The number of carbonyl (C=O) groups excluding carboxylic acids is 3. The lowest BCUT2D eigenvalue weighted by Crippen LogP contribution is -2.53. The number of hydrogen-bond acceptors (Lipinski definition) is 7. The van der Waals surface area contributed by atoms with Crippen molar-refractivity contribution in [3.05, 3.63) is 54.1 Å². The number of hydrogen-bond donors (Lipinski definition) is 2. The highest BCUT2D eigenvalue weighted by Gasteiger charge is 2.34. The molecule has 2 aromatic rings. The third-order valence-corrected chi connectivity index (χ3v) is 8.38. The van der Waals surface area contributed by atoms with E-state index in [1.165, 1.54) is 19.2 Å². The molecule has 1 heterocycles. The zero-order valence-electron chi connectivity index (χ0n) is 22.8. The zero-order valence-corrected chi connectivity index (χ0v) is 23.6. The lowest BCUT2D eigenvalue weighted by molar-refractivity contribution is -0.131. The van der Waals surface area contributed by atoms with Gasteiger partial charge in [-0.1, -0.05) is 26.0 Å². The molecule has 1 unspecified atom stereocenters. The van der Waals surface area contributed by atoms with Gasteiger partial charge in [-0.3, -0.25) is 14.4 Å². The minimum atomic E-state index is -3.90. The van der Waals surface area contributed by atoms with Gasteiger partial charge in [-0.25, -0.2) is 8.42 Å². The maximum absolute atomic E-state index is 13.2. The first-order valence-corrected chi connectivity index (χ1v) is 14.4. The van der Waals surface area contributed by atoms with Crippen LogP contribution in [0.5, 0.6) is 11.5 Å². The number of nitrogens with one attached hydrogen (secondary N) is 2. The van der Waals surface area contributed by atoms with E-state index in [4.69, 9.17) is 9.47 Å². The minimum absolute atomic E-state index is 0.0650. The molecule has 1 aliphatic heterocycles. The first-order chi connectivity index (χ1) is 18.5. The van der Waals surface area contributed by atoms with E-state index in [0.717, 1.165) is 9.87 Å². The van der Waals surface area contributed by atoms with Gasteiger partial charge >= 0.3 is 0 Å². The average Bonchev–Trinajstić information content (AvgIpc) is 3.10. The lowest BCUT2D eigenvalue weighted by Gasteiger charge is -2.23. The van der Waals surface area contributed by atoms with Crippen molar-refractivity contribution in [2.24, 2.45) is 5.92 Å². The second-order valence-corrected chi connectivity index (χ2v) is 11.9. The van der Waals surface area contributed by atoms with Crippen LogP contribution in [-0.2, 0) is 30.8 Å². The van der Waals surface area contributed by atoms with Crippen molar-refractivity contribution >= 4 is 27.6 Å². The Balaban J connectivity index is 1.64. The molecule has 0 aliphatic carbocycles. The summed E-state index contributed by atoms with van der Waals surface area (Å²) < 4.78 is 37.7. The van der Waals surface area contributed by atoms with E-state index in [-0.39, 0.29) is 36.2 Å². The summed E-state index contributed by atoms with van der Waals surface area (Å²) in [7, 11) is -0.846. The molecule has 2 atom stereocenters. The molecule has 10 nitrogen and oxygen atoms in total. The van der Waals surface area contributed by atoms with Crippen LogP contribution >= 0.6 is 0 Å². The predicted molar refractivity (Wildman–Crippen MR) is 146 cm³/mol. The zero-order chi connectivity index (χ0) is 28.6. The summed E-state index contributed by atoms with van der Waals surface area (Å²) in [5, 5.41) is 5.57. The van der Waals surface area contributed by atoms with Crippen LogP contribution in [0.2, 0.25) is 0 Å². The van der Waals surface area contributed by atoms with E-state index >= 15 is 0 Å². The maximum Gasteiger partial charge on any atom is 0.243 e. The number of carbonyl (C=O) groups is 3. The maximum atomic E-state index is 13.2. The molecular weight excluding hydrogens is 522 g/mol. The second kappa shape index (κ2) is 13.6. The standard InChI is InChI=1S/C28H37N3O7S/c1-19(2)16-25(29-27(33)17-20-7-9-21(37-3)10-8-20)28(34)30-24-6-5-15-31(18-26(24)32)39(35,36)23-13-11-22(38-4)12-14-23/h7-14,19,24-25H,5-6,15-18H2,1-4H3,(H,29,33)(H,30,34)/t24?,25-/m0/s1. The SMILES string of the molecule is COc1ccc(CC(=O)N[C@@H](CC(C)C)C(=O)NC2CCCN(S(=O)(=O)c3ccc(OC)cc3)CC2=O)cc1. The van der Waals surface area contributed by atoms with Gasteiger partial charge in [0.15, 0.2) is 5.78 Å². The summed E-state index contributed by atoms with van der Waals surface area (Å²) in [5.74, 6) is 0.139. The van der Waals surface area contributed by atoms with Gasteiger partial charge in [0.05, 0.1) is 38.1 Å². The smallest absolute Gasteiger partial charge is 0.243 e. The Morgan fingerprint density at radius 2 is 1.59 bits per heavy atom. The number of rotatable bonds is 11. The van der Waals surface area contributed by atoms with Gasteiger partial charge in [-0.15, -0.1) is 0 Å². The van der Waals surface area contributed by atoms with Gasteiger partial charge in [0.2, 0.25) is 21.8 Å². The largest absolute Gasteiger partial charge is 0.497 e. The van der Waals surface area contributed by atoms with Crippen LogP contribution in [0.15, 0.2) is 53.4 Å². The molecule has 0 bridgehead atoms. The Labute approximate surface area is 230 Å². The number of benzene rings is 2. The van der Waals surface area contributed by atoms with Crippen molar-refractivity contribution in [3.63, 3.8) is 0 Å². The Bertz CT molecular complexity index is 1240. The topological polar surface area (TPSA) is 131 Å². The lowest BCUT2D eigenvalue weighted by atomic mass is 10.0. The van der Waals surface area contributed by atoms with Gasteiger partial charge in [0.1, 0.15) is 17.5 Å². The highest BCUT2D eigenvalue weighted by atomic mass is 32.2. The minimum Gasteiger partial charge on any atom is -0.497 e. The van der Waals surface area contributed by atoms with Crippen molar-refractivity contribution in [1.82, 2.24) is 14.9 Å². The third kappa shape index (κ3) is 8.27. The van der Waals surface area contributed by atoms with Crippen LogP contribution in [0.25, 0.3) is 0 Å². The van der Waals surface area contributed by atoms with E-state index in [1.54, 1.807) is 43.5 Å². The van der Waals surface area contributed by atoms with Gasteiger partial charge < -0.3 is 20.1 Å². The summed E-state index contributed by atoms with van der Waals surface area (Å²) in [6, 6.07) is 11.4. The van der Waals surface area contributed by atoms with Crippen molar-refractivity contribution in [1.29, 1.82) is 0 Å². The van der Waals surface area contributed by atoms with Crippen LogP contribution in [0, 0.1) is 5.92 Å². The molecule has 2 N–H and O–H groups in total. The van der Waals surface area contributed by atoms with Gasteiger partial charge in [0.25, 0.3) is 0 Å². The summed E-state index contributed by atoms with van der Waals surface area (Å²) in [4.78, 5) is 39.1. The molecule has 0 radical (unpaired) electrons. The fourth-order valence-corrected chi connectivity index (χ4v) is 5.84. The highest BCUT2D eigenvalue weighted by molar-refractivity contribution is 7.89. The number of nitrogens with zero attached hydrogens (tertiary/aromatic N) is 1. The molecular formula is C28H37N3O7S. The van der Waals surface area contributed by atoms with Crippen LogP contribution in [0.1, 0.15) is 38.7 Å². The number of ether oxygens (including phenoxy) is 2. The molecule has 39 heavy (non-hydrogen) atoms.